The predicted octanol–water partition coefficient (Wildman–Crippen LogP) is 5.54. The summed E-state index contributed by atoms with van der Waals surface area (Å²) in [7, 11) is 0. The van der Waals surface area contributed by atoms with Gasteiger partial charge in [0.1, 0.15) is 34.2 Å². The second-order valence-electron chi connectivity index (χ2n) is 5.98. The molecule has 3 nitrogen and oxygen atoms in total. The molecule has 3 aromatic carbocycles. The van der Waals surface area contributed by atoms with Gasteiger partial charge in [-0.05, 0) is 42.0 Å². The highest BCUT2D eigenvalue weighted by Gasteiger charge is 2.37. The number of nitrogens with zero attached hydrogens (tertiary/aromatic N) is 1. The molecule has 1 heterocycles. The lowest BCUT2D eigenvalue weighted by molar-refractivity contribution is -0.115. The number of amides is 1. The first-order valence-electron chi connectivity index (χ1n) is 8.34. The van der Waals surface area contributed by atoms with Crippen molar-refractivity contribution in [3.05, 3.63) is 90.0 Å². The number of para-hydroxylation sites is 2. The molecule has 27 heavy (non-hydrogen) atoms. The van der Waals surface area contributed by atoms with Gasteiger partial charge in [0, 0.05) is 0 Å². The lowest BCUT2D eigenvalue weighted by Gasteiger charge is -2.25. The van der Waals surface area contributed by atoms with Crippen molar-refractivity contribution in [2.24, 2.45) is 0 Å². The molecule has 0 bridgehead atoms. The Morgan fingerprint density at radius 2 is 1.56 bits per heavy atom. The van der Waals surface area contributed by atoms with E-state index in [0.29, 0.717) is 11.5 Å². The van der Waals surface area contributed by atoms with E-state index in [0.717, 1.165) is 17.7 Å². The van der Waals surface area contributed by atoms with Gasteiger partial charge in [-0.25, -0.2) is 8.78 Å². The van der Waals surface area contributed by atoms with Crippen LogP contribution in [0.15, 0.2) is 72.8 Å². The van der Waals surface area contributed by atoms with Gasteiger partial charge in [-0.1, -0.05) is 36.4 Å². The van der Waals surface area contributed by atoms with Crippen molar-refractivity contribution in [2.75, 3.05) is 10.7 Å². The number of hydrogen-bond acceptors (Lipinski definition) is 3. The van der Waals surface area contributed by atoms with Crippen LogP contribution in [0.5, 0.6) is 11.5 Å². The molecule has 1 aliphatic rings. The van der Waals surface area contributed by atoms with E-state index >= 15 is 0 Å². The minimum absolute atomic E-state index is 0.155. The van der Waals surface area contributed by atoms with Gasteiger partial charge in [-0.2, -0.15) is 0 Å². The fourth-order valence-electron chi connectivity index (χ4n) is 2.99. The Bertz CT molecular complexity index is 961. The average Bonchev–Trinajstić information content (AvgIpc) is 3.04. The molecule has 136 valence electrons. The van der Waals surface area contributed by atoms with Crippen LogP contribution < -0.4 is 9.64 Å². The second-order valence-corrected chi connectivity index (χ2v) is 7.05. The average molecular weight is 383 g/mol. The molecule has 0 radical (unpaired) electrons. The smallest absolute Gasteiger partial charge is 0.238 e. The number of benzene rings is 3. The van der Waals surface area contributed by atoms with E-state index in [9.17, 15) is 13.6 Å². The highest BCUT2D eigenvalue weighted by atomic mass is 32.2. The second kappa shape index (κ2) is 7.40. The Morgan fingerprint density at radius 1 is 0.889 bits per heavy atom. The number of thioether (sulfide) groups is 1. The Labute approximate surface area is 159 Å². The van der Waals surface area contributed by atoms with E-state index in [-0.39, 0.29) is 17.3 Å². The predicted molar refractivity (Wildman–Crippen MR) is 102 cm³/mol. The minimum Gasteiger partial charge on any atom is -0.457 e. The number of carbonyl (C=O) groups excluding carboxylic acids is 1. The molecular formula is C21H15F2NO2S. The zero-order chi connectivity index (χ0) is 18.8. The number of hydrogen-bond donors (Lipinski definition) is 0. The number of carbonyl (C=O) groups is 1. The topological polar surface area (TPSA) is 29.5 Å². The maximum absolute atomic E-state index is 14.3. The summed E-state index contributed by atoms with van der Waals surface area (Å²) in [5.41, 5.74) is 0.425. The number of rotatable bonds is 4. The highest BCUT2D eigenvalue weighted by Crippen LogP contribution is 2.44. The molecule has 1 aliphatic heterocycles. The lowest BCUT2D eigenvalue weighted by Crippen LogP contribution is -2.29. The third kappa shape index (κ3) is 3.53. The molecule has 0 spiro atoms. The summed E-state index contributed by atoms with van der Waals surface area (Å²) in [5, 5.41) is -0.525. The third-order valence-corrected chi connectivity index (χ3v) is 5.38. The summed E-state index contributed by atoms with van der Waals surface area (Å²) >= 11 is 1.33. The van der Waals surface area contributed by atoms with Crippen molar-refractivity contribution >= 4 is 23.4 Å². The summed E-state index contributed by atoms with van der Waals surface area (Å²) in [6.07, 6.45) is 0. The normalized spacial score (nSPS) is 16.6. The largest absolute Gasteiger partial charge is 0.457 e. The molecule has 3 aromatic rings. The fourth-order valence-corrected chi connectivity index (χ4v) is 4.14. The van der Waals surface area contributed by atoms with E-state index in [1.54, 1.807) is 18.2 Å². The monoisotopic (exact) mass is 383 g/mol. The summed E-state index contributed by atoms with van der Waals surface area (Å²) in [6, 6.07) is 20.1. The first-order chi connectivity index (χ1) is 13.1. The van der Waals surface area contributed by atoms with Gasteiger partial charge in [0.05, 0.1) is 5.75 Å². The molecule has 0 saturated carbocycles. The third-order valence-electron chi connectivity index (χ3n) is 4.17. The first kappa shape index (κ1) is 17.5. The molecule has 0 aromatic heterocycles. The maximum Gasteiger partial charge on any atom is 0.238 e. The van der Waals surface area contributed by atoms with Crippen LogP contribution in [0, 0.1) is 11.6 Å². The highest BCUT2D eigenvalue weighted by molar-refractivity contribution is 8.00. The number of ether oxygens (including phenoxy) is 1. The van der Waals surface area contributed by atoms with Crippen molar-refractivity contribution in [3.8, 4) is 11.5 Å². The zero-order valence-corrected chi connectivity index (χ0v) is 15.0. The van der Waals surface area contributed by atoms with E-state index in [1.807, 2.05) is 36.4 Å². The quantitative estimate of drug-likeness (QED) is 0.593. The summed E-state index contributed by atoms with van der Waals surface area (Å²) in [4.78, 5) is 13.6. The fraction of sp³-hybridized carbons (Fsp3) is 0.0952. The van der Waals surface area contributed by atoms with Crippen LogP contribution in [0.25, 0.3) is 0 Å². The molecule has 1 amide bonds. The Hall–Kier alpha value is -2.86. The molecule has 1 fully saturated rings. The van der Waals surface area contributed by atoms with Crippen LogP contribution in [-0.2, 0) is 4.79 Å². The van der Waals surface area contributed by atoms with Crippen molar-refractivity contribution < 1.29 is 18.3 Å². The standard InChI is InChI=1S/C21H15F2NO2S/c22-17-10-5-11-18(23)20(17)24-19(25)13-27-21(24)14-6-4-9-16(12-14)26-15-7-2-1-3-8-15/h1-12,21H,13H2. The molecular weight excluding hydrogens is 368 g/mol. The van der Waals surface area contributed by atoms with Gasteiger partial charge in [0.25, 0.3) is 0 Å². The van der Waals surface area contributed by atoms with Crippen LogP contribution in [0.4, 0.5) is 14.5 Å². The van der Waals surface area contributed by atoms with Crippen molar-refractivity contribution in [1.29, 1.82) is 0 Å². The molecule has 0 N–H and O–H groups in total. The van der Waals surface area contributed by atoms with Crippen molar-refractivity contribution in [3.63, 3.8) is 0 Å². The minimum atomic E-state index is -0.757. The van der Waals surface area contributed by atoms with Gasteiger partial charge in [0.15, 0.2) is 0 Å². The van der Waals surface area contributed by atoms with Crippen LogP contribution >= 0.6 is 11.8 Å². The summed E-state index contributed by atoms with van der Waals surface area (Å²) in [6.45, 7) is 0. The molecule has 1 saturated heterocycles. The van der Waals surface area contributed by atoms with Crippen molar-refractivity contribution in [2.45, 2.75) is 5.37 Å². The Balaban J connectivity index is 1.68. The molecule has 1 unspecified atom stereocenters. The number of halogens is 2. The van der Waals surface area contributed by atoms with Crippen molar-refractivity contribution in [1.82, 2.24) is 0 Å². The Kier molecular flexibility index (Phi) is 4.81. The lowest BCUT2D eigenvalue weighted by atomic mass is 10.1. The first-order valence-corrected chi connectivity index (χ1v) is 9.39. The molecule has 1 atom stereocenters. The van der Waals surface area contributed by atoms with Gasteiger partial charge in [-0.3, -0.25) is 9.69 Å². The SMILES string of the molecule is O=C1CSC(c2cccc(Oc3ccccc3)c2)N1c1c(F)cccc1F. The van der Waals surface area contributed by atoms with E-state index in [1.165, 1.54) is 22.7 Å². The van der Waals surface area contributed by atoms with Gasteiger partial charge in [0.2, 0.25) is 5.91 Å². The van der Waals surface area contributed by atoms with Crippen LogP contribution in [0.1, 0.15) is 10.9 Å². The van der Waals surface area contributed by atoms with Crippen LogP contribution in [0.3, 0.4) is 0 Å². The van der Waals surface area contributed by atoms with Gasteiger partial charge >= 0.3 is 0 Å². The van der Waals surface area contributed by atoms with E-state index in [4.69, 9.17) is 4.74 Å². The number of anilines is 1. The Morgan fingerprint density at radius 3 is 2.30 bits per heavy atom. The summed E-state index contributed by atoms with van der Waals surface area (Å²) in [5.74, 6) is -0.416. The van der Waals surface area contributed by atoms with Gasteiger partial charge in [-0.15, -0.1) is 11.8 Å². The zero-order valence-electron chi connectivity index (χ0n) is 14.1. The van der Waals surface area contributed by atoms with Crippen LogP contribution in [0.2, 0.25) is 0 Å². The van der Waals surface area contributed by atoms with Gasteiger partial charge < -0.3 is 4.74 Å². The molecule has 6 heteroatoms. The molecule has 0 aliphatic carbocycles. The van der Waals surface area contributed by atoms with E-state index < -0.39 is 17.0 Å². The van der Waals surface area contributed by atoms with E-state index in [2.05, 4.69) is 0 Å². The van der Waals surface area contributed by atoms with Crippen LogP contribution in [-0.4, -0.2) is 11.7 Å². The molecule has 4 rings (SSSR count). The maximum atomic E-state index is 14.3. The summed E-state index contributed by atoms with van der Waals surface area (Å²) < 4.78 is 34.4.